The first kappa shape index (κ1) is 27.9. The number of nitrogens with two attached hydrogens (primary N) is 1. The molecule has 15 heteroatoms. The van der Waals surface area contributed by atoms with Crippen LogP contribution in [0.1, 0.15) is 37.5 Å². The van der Waals surface area contributed by atoms with Crippen LogP contribution in [0.15, 0.2) is 36.8 Å². The molecule has 0 spiro atoms. The molecule has 0 bridgehead atoms. The van der Waals surface area contributed by atoms with E-state index in [1.807, 2.05) is 0 Å². The lowest BCUT2D eigenvalue weighted by Gasteiger charge is -2.18. The zero-order chi connectivity index (χ0) is 29.8. The second-order valence-electron chi connectivity index (χ2n) is 9.61. The van der Waals surface area contributed by atoms with Gasteiger partial charge in [0.25, 0.3) is 11.8 Å². The van der Waals surface area contributed by atoms with Crippen LogP contribution in [0.25, 0.3) is 16.8 Å². The number of aromatic nitrogens is 4. The molecule has 1 aliphatic heterocycles. The number of benzene rings is 1. The van der Waals surface area contributed by atoms with Gasteiger partial charge in [0.1, 0.15) is 23.8 Å². The predicted octanol–water partition coefficient (Wildman–Crippen LogP) is 3.88. The van der Waals surface area contributed by atoms with Crippen molar-refractivity contribution in [3.8, 4) is 11.3 Å². The number of alkyl halides is 4. The lowest BCUT2D eigenvalue weighted by Crippen LogP contribution is -2.42. The van der Waals surface area contributed by atoms with E-state index in [0.29, 0.717) is 11.8 Å². The Morgan fingerprint density at radius 2 is 1.76 bits per heavy atom. The first-order valence-electron chi connectivity index (χ1n) is 12.1. The van der Waals surface area contributed by atoms with Crippen molar-refractivity contribution in [2.24, 2.45) is 0 Å². The molecular weight excluding hydrogens is 556 g/mol. The number of aryl methyl sites for hydroxylation is 2. The molecule has 2 amide bonds. The lowest BCUT2D eigenvalue weighted by atomic mass is 10.0. The number of anilines is 1. The molecule has 3 N–H and O–H groups in total. The van der Waals surface area contributed by atoms with Crippen LogP contribution in [0.2, 0.25) is 0 Å². The van der Waals surface area contributed by atoms with E-state index in [1.165, 1.54) is 13.0 Å². The molecule has 5 rings (SSSR count). The molecule has 0 radical (unpaired) electrons. The van der Waals surface area contributed by atoms with Gasteiger partial charge in [-0.25, -0.2) is 22.7 Å². The van der Waals surface area contributed by atoms with Crippen molar-refractivity contribution >= 4 is 23.1 Å². The Kier molecular flexibility index (Phi) is 6.83. The van der Waals surface area contributed by atoms with Gasteiger partial charge >= 0.3 is 6.18 Å². The van der Waals surface area contributed by atoms with Gasteiger partial charge in [-0.2, -0.15) is 18.3 Å². The summed E-state index contributed by atoms with van der Waals surface area (Å²) in [5, 5.41) is 6.24. The SMILES string of the molecule is Cc1cc(C(=O)N2C[C@H](F)[C@H](NC(=O)c3cc(-c4cc(C(F)(F)F)c5c(N)ncnn45)c(F)cc3C)C2)c(F)cn1. The highest BCUT2D eigenvalue weighted by Crippen LogP contribution is 2.39. The van der Waals surface area contributed by atoms with Crippen LogP contribution in [0.4, 0.5) is 32.2 Å². The number of pyridine rings is 1. The Morgan fingerprint density at radius 1 is 1.02 bits per heavy atom. The van der Waals surface area contributed by atoms with Crippen molar-refractivity contribution in [2.45, 2.75) is 32.2 Å². The van der Waals surface area contributed by atoms with Crippen molar-refractivity contribution in [1.82, 2.24) is 29.8 Å². The number of nitrogens with zero attached hydrogens (tertiary/aromatic N) is 5. The Hall–Kier alpha value is -4.69. The molecule has 1 aromatic carbocycles. The number of amides is 2. The molecule has 3 aromatic heterocycles. The second kappa shape index (κ2) is 10.1. The van der Waals surface area contributed by atoms with E-state index in [9.17, 15) is 31.5 Å². The minimum atomic E-state index is -4.87. The molecule has 4 aromatic rings. The summed E-state index contributed by atoms with van der Waals surface area (Å²) in [5.74, 6) is -3.95. The van der Waals surface area contributed by atoms with Gasteiger partial charge < -0.3 is 16.0 Å². The zero-order valence-corrected chi connectivity index (χ0v) is 21.4. The highest BCUT2D eigenvalue weighted by molar-refractivity contribution is 5.98. The van der Waals surface area contributed by atoms with Crippen molar-refractivity contribution in [1.29, 1.82) is 0 Å². The fourth-order valence-corrected chi connectivity index (χ4v) is 4.78. The number of rotatable bonds is 4. The summed E-state index contributed by atoms with van der Waals surface area (Å²) in [6.07, 6.45) is -4.80. The summed E-state index contributed by atoms with van der Waals surface area (Å²) < 4.78 is 86.1. The van der Waals surface area contributed by atoms with Crippen molar-refractivity contribution < 1.29 is 35.9 Å². The molecule has 41 heavy (non-hydrogen) atoms. The number of carbonyl (C=O) groups excluding carboxylic acids is 2. The van der Waals surface area contributed by atoms with Crippen molar-refractivity contribution in [3.63, 3.8) is 0 Å². The minimum absolute atomic E-state index is 0.116. The zero-order valence-electron chi connectivity index (χ0n) is 21.4. The molecule has 0 aliphatic carbocycles. The van der Waals surface area contributed by atoms with E-state index in [2.05, 4.69) is 20.4 Å². The van der Waals surface area contributed by atoms with E-state index in [1.54, 1.807) is 6.92 Å². The first-order valence-corrected chi connectivity index (χ1v) is 12.1. The van der Waals surface area contributed by atoms with Crippen LogP contribution in [-0.2, 0) is 6.18 Å². The standard InChI is InChI=1S/C26H21F6N7O2/c1-11-3-17(27)14(21-6-16(26(30,31)32)22-23(33)35-10-36-39(21)22)5-13(11)24(40)37-20-9-38(8-19(20)29)25(41)15-4-12(2)34-7-18(15)28/h3-7,10,19-20H,8-9H2,1-2H3,(H,37,40)(H2,33,35,36)/t19-,20+/m0/s1. The summed E-state index contributed by atoms with van der Waals surface area (Å²) in [7, 11) is 0. The quantitative estimate of drug-likeness (QED) is 0.356. The third-order valence-corrected chi connectivity index (χ3v) is 6.80. The van der Waals surface area contributed by atoms with Gasteiger partial charge in [0.05, 0.1) is 35.6 Å². The number of halogens is 6. The lowest BCUT2D eigenvalue weighted by molar-refractivity contribution is -0.136. The molecule has 214 valence electrons. The summed E-state index contributed by atoms with van der Waals surface area (Å²) in [5.41, 5.74) is 3.18. The van der Waals surface area contributed by atoms with Gasteiger partial charge in [0, 0.05) is 23.4 Å². The Balaban J connectivity index is 1.44. The number of hydrogen-bond donors (Lipinski definition) is 2. The van der Waals surface area contributed by atoms with Gasteiger partial charge in [-0.3, -0.25) is 14.6 Å². The normalized spacial score (nSPS) is 17.3. The maximum Gasteiger partial charge on any atom is 0.418 e. The summed E-state index contributed by atoms with van der Waals surface area (Å²) in [6.45, 7) is 2.25. The highest BCUT2D eigenvalue weighted by atomic mass is 19.4. The van der Waals surface area contributed by atoms with E-state index >= 15 is 4.39 Å². The molecule has 9 nitrogen and oxygen atoms in total. The predicted molar refractivity (Wildman–Crippen MR) is 134 cm³/mol. The molecule has 0 saturated carbocycles. The van der Waals surface area contributed by atoms with Crippen LogP contribution in [-0.4, -0.2) is 61.6 Å². The van der Waals surface area contributed by atoms with E-state index in [-0.39, 0.29) is 28.9 Å². The molecule has 4 heterocycles. The first-order chi connectivity index (χ1) is 19.3. The van der Waals surface area contributed by atoms with Gasteiger partial charge in [-0.15, -0.1) is 0 Å². The Bertz CT molecular complexity index is 1700. The minimum Gasteiger partial charge on any atom is -0.382 e. The van der Waals surface area contributed by atoms with Crippen LogP contribution < -0.4 is 11.1 Å². The van der Waals surface area contributed by atoms with Gasteiger partial charge in [-0.05, 0) is 43.7 Å². The Labute approximate surface area is 228 Å². The number of hydrogen-bond acceptors (Lipinski definition) is 6. The molecular formula is C26H21F6N7O2. The average Bonchev–Trinajstić information content (AvgIpc) is 3.47. The van der Waals surface area contributed by atoms with Gasteiger partial charge in [0.15, 0.2) is 11.6 Å². The fourth-order valence-electron chi connectivity index (χ4n) is 4.78. The largest absolute Gasteiger partial charge is 0.418 e. The number of nitrogens with one attached hydrogen (secondary N) is 1. The summed E-state index contributed by atoms with van der Waals surface area (Å²) >= 11 is 0. The number of carbonyl (C=O) groups is 2. The molecule has 1 fully saturated rings. The third-order valence-electron chi connectivity index (χ3n) is 6.80. The van der Waals surface area contributed by atoms with Gasteiger partial charge in [0.2, 0.25) is 0 Å². The molecule has 1 saturated heterocycles. The number of likely N-dealkylation sites (tertiary alicyclic amines) is 1. The number of nitrogen functional groups attached to an aromatic ring is 1. The maximum absolute atomic E-state index is 15.1. The van der Waals surface area contributed by atoms with E-state index < -0.39 is 70.8 Å². The molecule has 2 atom stereocenters. The van der Waals surface area contributed by atoms with E-state index in [0.717, 1.165) is 34.1 Å². The third kappa shape index (κ3) is 5.02. The Morgan fingerprint density at radius 3 is 2.46 bits per heavy atom. The van der Waals surface area contributed by atoms with Crippen LogP contribution in [0.3, 0.4) is 0 Å². The smallest absolute Gasteiger partial charge is 0.382 e. The summed E-state index contributed by atoms with van der Waals surface area (Å²) in [6, 6.07) is 2.67. The number of fused-ring (bicyclic) bond motifs is 1. The topological polar surface area (TPSA) is 119 Å². The molecule has 0 unspecified atom stereocenters. The van der Waals surface area contributed by atoms with Crippen LogP contribution >= 0.6 is 0 Å². The second-order valence-corrected chi connectivity index (χ2v) is 9.61. The highest BCUT2D eigenvalue weighted by Gasteiger charge is 2.39. The van der Waals surface area contributed by atoms with Crippen LogP contribution in [0, 0.1) is 25.5 Å². The average molecular weight is 577 g/mol. The monoisotopic (exact) mass is 577 g/mol. The maximum atomic E-state index is 15.1. The van der Waals surface area contributed by atoms with Crippen molar-refractivity contribution in [3.05, 3.63) is 76.4 Å². The van der Waals surface area contributed by atoms with E-state index in [4.69, 9.17) is 5.73 Å². The summed E-state index contributed by atoms with van der Waals surface area (Å²) in [4.78, 5) is 34.4. The van der Waals surface area contributed by atoms with Crippen molar-refractivity contribution in [2.75, 3.05) is 18.8 Å². The van der Waals surface area contributed by atoms with Crippen LogP contribution in [0.5, 0.6) is 0 Å². The molecule has 1 aliphatic rings. The fraction of sp³-hybridized carbons (Fsp3) is 0.269. The van der Waals surface area contributed by atoms with Gasteiger partial charge in [-0.1, -0.05) is 0 Å².